The average Bonchev–Trinajstić information content (AvgIpc) is 2.48. The van der Waals surface area contributed by atoms with Crippen molar-refractivity contribution in [2.75, 3.05) is 12.5 Å². The summed E-state index contributed by atoms with van der Waals surface area (Å²) < 4.78 is 29.6. The summed E-state index contributed by atoms with van der Waals surface area (Å²) in [5, 5.41) is 0.0594. The molecule has 4 nitrogen and oxygen atoms in total. The molecule has 0 aromatic heterocycles. The van der Waals surface area contributed by atoms with Gasteiger partial charge in [0.2, 0.25) is 0 Å². The van der Waals surface area contributed by atoms with Gasteiger partial charge in [-0.05, 0) is 24.3 Å². The van der Waals surface area contributed by atoms with Gasteiger partial charge in [0, 0.05) is 22.9 Å². The molecule has 0 fully saturated rings. The standard InChI is InChI=1S/C15H13ClFNO3/c16-13-2-1-12(5-14(13)17)20-7-10-4-11(18)3-9-6-19-8-21-15(9)10/h1-5H,6-8,18H2. The van der Waals surface area contributed by atoms with E-state index in [9.17, 15) is 4.39 Å². The van der Waals surface area contributed by atoms with Crippen molar-refractivity contribution in [2.24, 2.45) is 0 Å². The lowest BCUT2D eigenvalue weighted by Gasteiger charge is -2.21. The van der Waals surface area contributed by atoms with Crippen LogP contribution in [0, 0.1) is 5.82 Å². The van der Waals surface area contributed by atoms with E-state index in [1.807, 2.05) is 0 Å². The minimum atomic E-state index is -0.520. The number of ether oxygens (including phenoxy) is 3. The van der Waals surface area contributed by atoms with E-state index in [-0.39, 0.29) is 18.4 Å². The second kappa shape index (κ2) is 5.79. The molecule has 0 saturated carbocycles. The van der Waals surface area contributed by atoms with Gasteiger partial charge in [-0.15, -0.1) is 0 Å². The summed E-state index contributed by atoms with van der Waals surface area (Å²) in [5.41, 5.74) is 8.12. The van der Waals surface area contributed by atoms with Crippen molar-refractivity contribution in [1.82, 2.24) is 0 Å². The first-order valence-electron chi connectivity index (χ1n) is 6.33. The molecule has 0 saturated heterocycles. The number of rotatable bonds is 3. The lowest BCUT2D eigenvalue weighted by atomic mass is 10.1. The Hall–Kier alpha value is -1.98. The van der Waals surface area contributed by atoms with Crippen LogP contribution >= 0.6 is 11.6 Å². The number of fused-ring (bicyclic) bond motifs is 1. The molecular weight excluding hydrogens is 297 g/mol. The maximum atomic E-state index is 13.4. The van der Waals surface area contributed by atoms with E-state index in [0.717, 1.165) is 11.1 Å². The highest BCUT2D eigenvalue weighted by atomic mass is 35.5. The first-order chi connectivity index (χ1) is 10.1. The van der Waals surface area contributed by atoms with Crippen LogP contribution in [-0.4, -0.2) is 6.79 Å². The van der Waals surface area contributed by atoms with Gasteiger partial charge in [-0.3, -0.25) is 0 Å². The molecule has 0 amide bonds. The van der Waals surface area contributed by atoms with Crippen LogP contribution in [0.15, 0.2) is 30.3 Å². The van der Waals surface area contributed by atoms with Gasteiger partial charge in [-0.1, -0.05) is 11.6 Å². The van der Waals surface area contributed by atoms with E-state index in [1.54, 1.807) is 18.2 Å². The molecule has 1 aliphatic heterocycles. The number of hydrogen-bond donors (Lipinski definition) is 1. The summed E-state index contributed by atoms with van der Waals surface area (Å²) in [7, 11) is 0. The van der Waals surface area contributed by atoms with Gasteiger partial charge in [-0.2, -0.15) is 0 Å². The number of anilines is 1. The van der Waals surface area contributed by atoms with Crippen molar-refractivity contribution in [1.29, 1.82) is 0 Å². The Labute approximate surface area is 126 Å². The second-order valence-electron chi connectivity index (χ2n) is 4.64. The normalized spacial score (nSPS) is 13.4. The quantitative estimate of drug-likeness (QED) is 0.882. The molecule has 21 heavy (non-hydrogen) atoms. The first kappa shape index (κ1) is 14.0. The van der Waals surface area contributed by atoms with Crippen LogP contribution < -0.4 is 15.2 Å². The Bertz CT molecular complexity index is 678. The molecule has 110 valence electrons. The molecular formula is C15H13ClFNO3. The van der Waals surface area contributed by atoms with Crippen LogP contribution in [-0.2, 0) is 18.0 Å². The fraction of sp³-hybridized carbons (Fsp3) is 0.200. The third-order valence-corrected chi connectivity index (χ3v) is 3.40. The van der Waals surface area contributed by atoms with E-state index in [1.165, 1.54) is 12.1 Å². The molecule has 0 unspecified atom stereocenters. The Morgan fingerprint density at radius 2 is 2.14 bits per heavy atom. The van der Waals surface area contributed by atoms with Crippen LogP contribution in [0.2, 0.25) is 5.02 Å². The van der Waals surface area contributed by atoms with Crippen molar-refractivity contribution in [3.05, 3.63) is 52.3 Å². The molecule has 2 aromatic rings. The van der Waals surface area contributed by atoms with Gasteiger partial charge < -0.3 is 19.9 Å². The summed E-state index contributed by atoms with van der Waals surface area (Å²) in [5.74, 6) is 0.582. The van der Waals surface area contributed by atoms with E-state index in [2.05, 4.69) is 0 Å². The number of benzene rings is 2. The fourth-order valence-electron chi connectivity index (χ4n) is 2.16. The average molecular weight is 310 g/mol. The molecule has 0 radical (unpaired) electrons. The molecule has 1 heterocycles. The Morgan fingerprint density at radius 3 is 2.95 bits per heavy atom. The van der Waals surface area contributed by atoms with E-state index < -0.39 is 5.82 Å². The summed E-state index contributed by atoms with van der Waals surface area (Å²) in [6, 6.07) is 7.88. The van der Waals surface area contributed by atoms with Gasteiger partial charge in [0.15, 0.2) is 6.79 Å². The molecule has 1 aliphatic rings. The number of nitrogens with two attached hydrogens (primary N) is 1. The number of nitrogen functional groups attached to an aromatic ring is 1. The molecule has 2 aromatic carbocycles. The van der Waals surface area contributed by atoms with Gasteiger partial charge in [0.05, 0.1) is 11.6 Å². The molecule has 0 bridgehead atoms. The summed E-state index contributed by atoms with van der Waals surface area (Å²) >= 11 is 5.63. The zero-order chi connectivity index (χ0) is 14.8. The highest BCUT2D eigenvalue weighted by molar-refractivity contribution is 6.30. The Balaban J connectivity index is 1.81. The van der Waals surface area contributed by atoms with E-state index in [0.29, 0.717) is 23.8 Å². The van der Waals surface area contributed by atoms with E-state index >= 15 is 0 Å². The van der Waals surface area contributed by atoms with Crippen molar-refractivity contribution in [2.45, 2.75) is 13.2 Å². The zero-order valence-corrected chi connectivity index (χ0v) is 11.8. The highest BCUT2D eigenvalue weighted by Crippen LogP contribution is 2.32. The highest BCUT2D eigenvalue weighted by Gasteiger charge is 2.16. The predicted octanol–water partition coefficient (Wildman–Crippen LogP) is 3.51. The molecule has 3 rings (SSSR count). The Kier molecular flexibility index (Phi) is 3.86. The molecule has 2 N–H and O–H groups in total. The van der Waals surface area contributed by atoms with Crippen LogP contribution in [0.1, 0.15) is 11.1 Å². The fourth-order valence-corrected chi connectivity index (χ4v) is 2.28. The van der Waals surface area contributed by atoms with Gasteiger partial charge in [0.1, 0.15) is 23.9 Å². The number of halogens is 2. The molecule has 0 atom stereocenters. The third kappa shape index (κ3) is 3.04. The summed E-state index contributed by atoms with van der Waals surface area (Å²) in [6.45, 7) is 0.858. The van der Waals surface area contributed by atoms with Gasteiger partial charge in [0.25, 0.3) is 0 Å². The minimum Gasteiger partial charge on any atom is -0.489 e. The molecule has 0 aliphatic carbocycles. The maximum absolute atomic E-state index is 13.4. The summed E-state index contributed by atoms with van der Waals surface area (Å²) in [6.07, 6.45) is 0. The summed E-state index contributed by atoms with van der Waals surface area (Å²) in [4.78, 5) is 0. The van der Waals surface area contributed by atoms with Crippen molar-refractivity contribution in [3.8, 4) is 11.5 Å². The molecule has 6 heteroatoms. The third-order valence-electron chi connectivity index (χ3n) is 3.09. The Morgan fingerprint density at radius 1 is 1.29 bits per heavy atom. The van der Waals surface area contributed by atoms with Crippen LogP contribution in [0.25, 0.3) is 0 Å². The SMILES string of the molecule is Nc1cc2c(c(COc3ccc(Cl)c(F)c3)c1)OCOC2. The van der Waals surface area contributed by atoms with Gasteiger partial charge in [-0.25, -0.2) is 4.39 Å². The maximum Gasteiger partial charge on any atom is 0.189 e. The topological polar surface area (TPSA) is 53.7 Å². The van der Waals surface area contributed by atoms with Crippen molar-refractivity contribution in [3.63, 3.8) is 0 Å². The van der Waals surface area contributed by atoms with Crippen LogP contribution in [0.4, 0.5) is 10.1 Å². The van der Waals surface area contributed by atoms with Crippen LogP contribution in [0.3, 0.4) is 0 Å². The first-order valence-corrected chi connectivity index (χ1v) is 6.71. The predicted molar refractivity (Wildman–Crippen MR) is 76.9 cm³/mol. The van der Waals surface area contributed by atoms with Gasteiger partial charge >= 0.3 is 0 Å². The molecule has 0 spiro atoms. The minimum absolute atomic E-state index is 0.0594. The van der Waals surface area contributed by atoms with Crippen molar-refractivity contribution < 1.29 is 18.6 Å². The van der Waals surface area contributed by atoms with E-state index in [4.69, 9.17) is 31.5 Å². The largest absolute Gasteiger partial charge is 0.489 e. The zero-order valence-electron chi connectivity index (χ0n) is 11.1. The van der Waals surface area contributed by atoms with Crippen LogP contribution in [0.5, 0.6) is 11.5 Å². The second-order valence-corrected chi connectivity index (χ2v) is 5.05. The lowest BCUT2D eigenvalue weighted by molar-refractivity contribution is -0.0175. The monoisotopic (exact) mass is 309 g/mol. The smallest absolute Gasteiger partial charge is 0.189 e. The lowest BCUT2D eigenvalue weighted by Crippen LogP contribution is -2.14. The van der Waals surface area contributed by atoms with Crippen molar-refractivity contribution >= 4 is 17.3 Å². The number of hydrogen-bond acceptors (Lipinski definition) is 4.